The molecule has 2 aliphatic rings. The van der Waals surface area contributed by atoms with E-state index in [0.29, 0.717) is 26.2 Å². The summed E-state index contributed by atoms with van der Waals surface area (Å²) in [5, 5.41) is 0. The first-order chi connectivity index (χ1) is 13.6. The van der Waals surface area contributed by atoms with E-state index in [1.807, 2.05) is 30.3 Å². The van der Waals surface area contributed by atoms with Gasteiger partial charge in [0.1, 0.15) is 17.2 Å². The standard InChI is InChI=1S/C21H22F2N2O3/c22-16-6-7-18(19(23)9-16)21-13-28-17(8-15(21)11-27-20(24)25-21)12-26-10-14-4-2-1-3-5-14/h1-7,9,15,17H,8,10-13H2,(H2,24,25). The van der Waals surface area contributed by atoms with Crippen molar-refractivity contribution in [2.24, 2.45) is 16.6 Å². The third-order valence-electron chi connectivity index (χ3n) is 5.32. The van der Waals surface area contributed by atoms with Gasteiger partial charge in [0, 0.05) is 17.5 Å². The molecule has 0 aromatic heterocycles. The molecule has 0 aliphatic carbocycles. The molecule has 28 heavy (non-hydrogen) atoms. The maximum atomic E-state index is 14.5. The van der Waals surface area contributed by atoms with Crippen molar-refractivity contribution in [2.45, 2.75) is 24.7 Å². The number of ether oxygens (including phenoxy) is 3. The predicted octanol–water partition coefficient (Wildman–Crippen LogP) is 3.13. The molecule has 2 N–H and O–H groups in total. The van der Waals surface area contributed by atoms with Crippen LogP contribution < -0.4 is 5.73 Å². The number of nitrogens with zero attached hydrogens (tertiary/aromatic N) is 1. The van der Waals surface area contributed by atoms with Crippen molar-refractivity contribution in [1.82, 2.24) is 0 Å². The molecule has 0 amide bonds. The molecule has 148 valence electrons. The van der Waals surface area contributed by atoms with Gasteiger partial charge in [0.05, 0.1) is 32.5 Å². The number of nitrogens with two attached hydrogens (primary N) is 1. The fraction of sp³-hybridized carbons (Fsp3) is 0.381. The third-order valence-corrected chi connectivity index (χ3v) is 5.32. The molecule has 3 unspecified atom stereocenters. The van der Waals surface area contributed by atoms with E-state index < -0.39 is 17.2 Å². The van der Waals surface area contributed by atoms with Crippen LogP contribution in [-0.4, -0.2) is 31.9 Å². The van der Waals surface area contributed by atoms with E-state index in [1.54, 1.807) is 0 Å². The van der Waals surface area contributed by atoms with Crippen molar-refractivity contribution in [2.75, 3.05) is 19.8 Å². The van der Waals surface area contributed by atoms with Crippen LogP contribution in [0.5, 0.6) is 0 Å². The second kappa shape index (κ2) is 7.85. The second-order valence-electron chi connectivity index (χ2n) is 7.18. The van der Waals surface area contributed by atoms with E-state index in [-0.39, 0.29) is 30.2 Å². The molecule has 7 heteroatoms. The van der Waals surface area contributed by atoms with E-state index in [0.717, 1.165) is 11.6 Å². The second-order valence-corrected chi connectivity index (χ2v) is 7.18. The lowest BCUT2D eigenvalue weighted by Gasteiger charge is -2.46. The van der Waals surface area contributed by atoms with Gasteiger partial charge in [-0.05, 0) is 18.1 Å². The lowest BCUT2D eigenvalue weighted by atomic mass is 9.74. The van der Waals surface area contributed by atoms with Crippen LogP contribution in [0.25, 0.3) is 0 Å². The van der Waals surface area contributed by atoms with E-state index in [4.69, 9.17) is 19.9 Å². The summed E-state index contributed by atoms with van der Waals surface area (Å²) < 4.78 is 45.1. The maximum absolute atomic E-state index is 14.5. The highest BCUT2D eigenvalue weighted by Crippen LogP contribution is 2.44. The normalized spacial score (nSPS) is 26.9. The highest BCUT2D eigenvalue weighted by atomic mass is 19.1. The van der Waals surface area contributed by atoms with Gasteiger partial charge in [0.25, 0.3) is 6.02 Å². The maximum Gasteiger partial charge on any atom is 0.282 e. The van der Waals surface area contributed by atoms with Crippen molar-refractivity contribution in [3.05, 3.63) is 71.3 Å². The molecule has 2 heterocycles. The Hall–Kier alpha value is -2.51. The zero-order chi connectivity index (χ0) is 19.6. The first-order valence-corrected chi connectivity index (χ1v) is 9.24. The molecular weight excluding hydrogens is 366 g/mol. The Labute approximate surface area is 162 Å². The number of hydrogen-bond acceptors (Lipinski definition) is 5. The van der Waals surface area contributed by atoms with E-state index in [2.05, 4.69) is 4.99 Å². The van der Waals surface area contributed by atoms with E-state index >= 15 is 0 Å². The summed E-state index contributed by atoms with van der Waals surface area (Å²) in [6.07, 6.45) is 0.408. The van der Waals surface area contributed by atoms with Gasteiger partial charge in [0.15, 0.2) is 0 Å². The van der Waals surface area contributed by atoms with Gasteiger partial charge in [-0.25, -0.2) is 13.8 Å². The van der Waals surface area contributed by atoms with Crippen molar-refractivity contribution < 1.29 is 23.0 Å². The lowest BCUT2D eigenvalue weighted by Crippen LogP contribution is -2.53. The number of aliphatic imine (C=N–C) groups is 1. The van der Waals surface area contributed by atoms with E-state index in [1.165, 1.54) is 12.1 Å². The molecule has 0 saturated carbocycles. The predicted molar refractivity (Wildman–Crippen MR) is 99.6 cm³/mol. The summed E-state index contributed by atoms with van der Waals surface area (Å²) in [6, 6.07) is 13.4. The number of amidine groups is 1. The van der Waals surface area contributed by atoms with Crippen LogP contribution in [0.2, 0.25) is 0 Å². The zero-order valence-electron chi connectivity index (χ0n) is 15.3. The molecule has 2 aromatic rings. The quantitative estimate of drug-likeness (QED) is 0.855. The summed E-state index contributed by atoms with van der Waals surface area (Å²) >= 11 is 0. The summed E-state index contributed by atoms with van der Waals surface area (Å²) in [5.74, 6) is -1.45. The van der Waals surface area contributed by atoms with Gasteiger partial charge >= 0.3 is 0 Å². The minimum Gasteiger partial charge on any atom is -0.465 e. The highest BCUT2D eigenvalue weighted by Gasteiger charge is 2.50. The Kier molecular flexibility index (Phi) is 5.28. The Morgan fingerprint density at radius 3 is 2.79 bits per heavy atom. The molecule has 0 radical (unpaired) electrons. The van der Waals surface area contributed by atoms with Gasteiger partial charge in [-0.2, -0.15) is 0 Å². The molecule has 1 fully saturated rings. The van der Waals surface area contributed by atoms with Crippen molar-refractivity contribution >= 4 is 6.02 Å². The van der Waals surface area contributed by atoms with Crippen molar-refractivity contribution in [3.63, 3.8) is 0 Å². The Bertz CT molecular complexity index is 862. The Morgan fingerprint density at radius 1 is 1.18 bits per heavy atom. The van der Waals surface area contributed by atoms with Gasteiger partial charge in [0.2, 0.25) is 0 Å². The number of benzene rings is 2. The zero-order valence-corrected chi connectivity index (χ0v) is 15.3. The molecule has 2 aromatic carbocycles. The summed E-state index contributed by atoms with van der Waals surface area (Å²) in [6.45, 7) is 1.33. The van der Waals surface area contributed by atoms with Gasteiger partial charge in [-0.15, -0.1) is 0 Å². The largest absolute Gasteiger partial charge is 0.465 e. The fourth-order valence-corrected chi connectivity index (χ4v) is 3.88. The lowest BCUT2D eigenvalue weighted by molar-refractivity contribution is -0.110. The van der Waals surface area contributed by atoms with Crippen LogP contribution in [-0.2, 0) is 26.4 Å². The van der Waals surface area contributed by atoms with Crippen LogP contribution in [0.15, 0.2) is 53.5 Å². The van der Waals surface area contributed by atoms with Crippen LogP contribution in [0.3, 0.4) is 0 Å². The number of hydrogen-bond donors (Lipinski definition) is 1. The first kappa shape index (κ1) is 18.8. The van der Waals surface area contributed by atoms with Crippen LogP contribution >= 0.6 is 0 Å². The molecule has 0 bridgehead atoms. The first-order valence-electron chi connectivity index (χ1n) is 9.24. The van der Waals surface area contributed by atoms with Crippen molar-refractivity contribution in [1.29, 1.82) is 0 Å². The van der Waals surface area contributed by atoms with Crippen molar-refractivity contribution in [3.8, 4) is 0 Å². The number of rotatable bonds is 5. The molecule has 0 spiro atoms. The van der Waals surface area contributed by atoms with Gasteiger partial charge < -0.3 is 19.9 Å². The van der Waals surface area contributed by atoms with E-state index in [9.17, 15) is 8.78 Å². The minimum atomic E-state index is -1.02. The van der Waals surface area contributed by atoms with Gasteiger partial charge in [-0.3, -0.25) is 0 Å². The summed E-state index contributed by atoms with van der Waals surface area (Å²) in [4.78, 5) is 4.40. The van der Waals surface area contributed by atoms with Gasteiger partial charge in [-0.1, -0.05) is 36.4 Å². The van der Waals surface area contributed by atoms with Crippen LogP contribution in [0, 0.1) is 17.6 Å². The molecule has 1 saturated heterocycles. The smallest absolute Gasteiger partial charge is 0.282 e. The van der Waals surface area contributed by atoms with Crippen LogP contribution in [0.1, 0.15) is 17.5 Å². The monoisotopic (exact) mass is 388 g/mol. The molecule has 3 atom stereocenters. The molecule has 5 nitrogen and oxygen atoms in total. The van der Waals surface area contributed by atoms with Crippen LogP contribution in [0.4, 0.5) is 8.78 Å². The highest BCUT2D eigenvalue weighted by molar-refractivity contribution is 5.73. The SMILES string of the molecule is NC1=NC2(c3ccc(F)cc3F)COC(COCc3ccccc3)CC2CO1. The molecule has 2 aliphatic heterocycles. The average molecular weight is 388 g/mol. The minimum absolute atomic E-state index is 0.0117. The third kappa shape index (κ3) is 3.72. The number of halogens is 2. The number of fused-ring (bicyclic) bond motifs is 1. The summed E-state index contributed by atoms with van der Waals surface area (Å²) in [7, 11) is 0. The average Bonchev–Trinajstić information content (AvgIpc) is 2.69. The molecule has 4 rings (SSSR count). The Morgan fingerprint density at radius 2 is 2.00 bits per heavy atom. The summed E-state index contributed by atoms with van der Waals surface area (Å²) in [5.41, 5.74) is 6.11. The molecular formula is C21H22F2N2O3. The fourth-order valence-electron chi connectivity index (χ4n) is 3.88. The topological polar surface area (TPSA) is 66.1 Å². The Balaban J connectivity index is 1.48.